The van der Waals surface area contributed by atoms with Crippen molar-refractivity contribution in [3.8, 4) is 5.82 Å². The highest BCUT2D eigenvalue weighted by molar-refractivity contribution is 5.98. The maximum absolute atomic E-state index is 12.1. The van der Waals surface area contributed by atoms with Crippen LogP contribution in [-0.4, -0.2) is 43.9 Å². The van der Waals surface area contributed by atoms with Gasteiger partial charge in [-0.05, 0) is 38.1 Å². The molecule has 0 atom stereocenters. The second-order valence-electron chi connectivity index (χ2n) is 6.07. The normalized spacial score (nSPS) is 10.5. The van der Waals surface area contributed by atoms with Crippen molar-refractivity contribution in [3.05, 3.63) is 69.5 Å². The first-order valence-electron chi connectivity index (χ1n) is 8.58. The summed E-state index contributed by atoms with van der Waals surface area (Å²) in [6, 6.07) is 11.3. The number of carbonyl (C=O) groups excluding carboxylic acids is 1. The van der Waals surface area contributed by atoms with Gasteiger partial charge in [-0.15, -0.1) is 10.2 Å². The Morgan fingerprint density at radius 1 is 1.14 bits per heavy atom. The van der Waals surface area contributed by atoms with Gasteiger partial charge in [0.15, 0.2) is 5.82 Å². The van der Waals surface area contributed by atoms with E-state index in [1.54, 1.807) is 22.9 Å². The average Bonchev–Trinajstić information content (AvgIpc) is 3.03. The maximum Gasteiger partial charge on any atom is 0.282 e. The van der Waals surface area contributed by atoms with Crippen LogP contribution in [0.15, 0.2) is 42.5 Å². The van der Waals surface area contributed by atoms with Gasteiger partial charge in [0.1, 0.15) is 11.4 Å². The summed E-state index contributed by atoms with van der Waals surface area (Å²) in [5.74, 6) is 0.658. The van der Waals surface area contributed by atoms with Crippen molar-refractivity contribution in [1.82, 2.24) is 25.3 Å². The molecule has 2 aromatic heterocycles. The molecule has 0 radical (unpaired) electrons. The fraction of sp³-hybridized carbons (Fsp3) is 0.222. The Morgan fingerprint density at radius 2 is 1.93 bits per heavy atom. The van der Waals surface area contributed by atoms with Crippen molar-refractivity contribution in [2.24, 2.45) is 0 Å². The smallest absolute Gasteiger partial charge is 0.282 e. The number of hydrogen-bond donors (Lipinski definition) is 2. The monoisotopic (exact) mass is 381 g/mol. The van der Waals surface area contributed by atoms with E-state index < -0.39 is 10.8 Å². The number of nitro groups is 1. The minimum Gasteiger partial charge on any atom is -0.367 e. The average molecular weight is 381 g/mol. The lowest BCUT2D eigenvalue weighted by Crippen LogP contribution is -2.29. The van der Waals surface area contributed by atoms with Gasteiger partial charge in [-0.3, -0.25) is 14.9 Å². The van der Waals surface area contributed by atoms with Gasteiger partial charge in [-0.25, -0.2) is 4.68 Å². The van der Waals surface area contributed by atoms with Crippen LogP contribution in [0.25, 0.3) is 5.82 Å². The van der Waals surface area contributed by atoms with Crippen LogP contribution in [0.5, 0.6) is 0 Å². The molecule has 3 aromatic rings. The van der Waals surface area contributed by atoms with Crippen molar-refractivity contribution in [1.29, 1.82) is 0 Å². The fourth-order valence-corrected chi connectivity index (χ4v) is 2.68. The first kappa shape index (κ1) is 19.0. The van der Waals surface area contributed by atoms with Gasteiger partial charge in [-0.2, -0.15) is 5.10 Å². The van der Waals surface area contributed by atoms with E-state index in [0.717, 1.165) is 11.4 Å². The predicted octanol–water partition coefficient (Wildman–Crippen LogP) is 2.03. The van der Waals surface area contributed by atoms with Crippen LogP contribution in [0.2, 0.25) is 0 Å². The third-order valence-corrected chi connectivity index (χ3v) is 3.94. The maximum atomic E-state index is 12.1. The molecule has 0 aliphatic rings. The fourth-order valence-electron chi connectivity index (χ4n) is 2.68. The number of amides is 1. The van der Waals surface area contributed by atoms with Crippen LogP contribution in [-0.2, 0) is 0 Å². The van der Waals surface area contributed by atoms with Gasteiger partial charge in [0.25, 0.3) is 11.6 Å². The van der Waals surface area contributed by atoms with Crippen molar-refractivity contribution in [2.75, 3.05) is 18.4 Å². The molecule has 1 amide bonds. The Bertz CT molecular complexity index is 999. The second-order valence-corrected chi connectivity index (χ2v) is 6.07. The molecular weight excluding hydrogens is 362 g/mol. The number of para-hydroxylation sites is 1. The second kappa shape index (κ2) is 8.25. The molecule has 28 heavy (non-hydrogen) atoms. The number of nitrogens with one attached hydrogen (secondary N) is 2. The molecule has 0 fully saturated rings. The summed E-state index contributed by atoms with van der Waals surface area (Å²) in [7, 11) is 0. The van der Waals surface area contributed by atoms with Gasteiger partial charge in [0.05, 0.1) is 10.6 Å². The molecule has 3 rings (SSSR count). The highest BCUT2D eigenvalue weighted by Crippen LogP contribution is 2.17. The number of aryl methyl sites for hydroxylation is 2. The van der Waals surface area contributed by atoms with Crippen LogP contribution in [0.1, 0.15) is 21.7 Å². The molecule has 144 valence electrons. The van der Waals surface area contributed by atoms with Gasteiger partial charge in [0.2, 0.25) is 0 Å². The molecule has 0 spiro atoms. The zero-order valence-corrected chi connectivity index (χ0v) is 15.4. The molecule has 2 N–H and O–H groups in total. The number of carbonyl (C=O) groups is 1. The van der Waals surface area contributed by atoms with Crippen LogP contribution in [0.4, 0.5) is 11.5 Å². The Balaban J connectivity index is 1.52. The minimum absolute atomic E-state index is 0.0292. The van der Waals surface area contributed by atoms with E-state index in [-0.39, 0.29) is 17.8 Å². The number of anilines is 1. The quantitative estimate of drug-likeness (QED) is 0.364. The summed E-state index contributed by atoms with van der Waals surface area (Å²) in [6.45, 7) is 4.50. The number of hydrogen-bond acceptors (Lipinski definition) is 7. The SMILES string of the molecule is Cc1cc(C)n(-c2ccc(NCCNC(=O)c3ccccc3[N+](=O)[O-])nn2)n1. The first-order valence-corrected chi connectivity index (χ1v) is 8.58. The van der Waals surface area contributed by atoms with Crippen molar-refractivity contribution in [2.45, 2.75) is 13.8 Å². The van der Waals surface area contributed by atoms with Crippen LogP contribution >= 0.6 is 0 Å². The Kier molecular flexibility index (Phi) is 5.58. The molecular formula is C18H19N7O3. The zero-order chi connectivity index (χ0) is 20.1. The zero-order valence-electron chi connectivity index (χ0n) is 15.4. The molecule has 1 aromatic carbocycles. The molecule has 0 unspecified atom stereocenters. The van der Waals surface area contributed by atoms with Gasteiger partial charge in [-0.1, -0.05) is 12.1 Å². The third kappa shape index (κ3) is 4.29. The van der Waals surface area contributed by atoms with Crippen molar-refractivity contribution < 1.29 is 9.72 Å². The van der Waals surface area contributed by atoms with E-state index in [9.17, 15) is 14.9 Å². The molecule has 10 nitrogen and oxygen atoms in total. The lowest BCUT2D eigenvalue weighted by atomic mass is 10.1. The third-order valence-electron chi connectivity index (χ3n) is 3.94. The standard InChI is InChI=1S/C18H19N7O3/c1-12-11-13(2)24(23-12)17-8-7-16(21-22-17)19-9-10-20-18(26)14-5-3-4-6-15(14)25(27)28/h3-8,11H,9-10H2,1-2H3,(H,19,21)(H,20,26). The van der Waals surface area contributed by atoms with Gasteiger partial charge >= 0.3 is 0 Å². The lowest BCUT2D eigenvalue weighted by molar-refractivity contribution is -0.385. The molecule has 0 saturated heterocycles. The molecule has 0 saturated carbocycles. The number of nitro benzene ring substituents is 1. The number of benzene rings is 1. The van der Waals surface area contributed by atoms with E-state index in [4.69, 9.17) is 0 Å². The predicted molar refractivity (Wildman–Crippen MR) is 103 cm³/mol. The van der Waals surface area contributed by atoms with Crippen LogP contribution < -0.4 is 10.6 Å². The lowest BCUT2D eigenvalue weighted by Gasteiger charge is -2.08. The largest absolute Gasteiger partial charge is 0.367 e. The van der Waals surface area contributed by atoms with Crippen molar-refractivity contribution in [3.63, 3.8) is 0 Å². The topological polar surface area (TPSA) is 128 Å². The Morgan fingerprint density at radius 3 is 2.57 bits per heavy atom. The molecule has 10 heteroatoms. The van der Waals surface area contributed by atoms with Crippen LogP contribution in [0, 0.1) is 24.0 Å². The summed E-state index contributed by atoms with van der Waals surface area (Å²) in [4.78, 5) is 22.5. The number of nitrogens with zero attached hydrogens (tertiary/aromatic N) is 5. The molecule has 2 heterocycles. The summed E-state index contributed by atoms with van der Waals surface area (Å²) < 4.78 is 1.71. The van der Waals surface area contributed by atoms with E-state index in [0.29, 0.717) is 18.2 Å². The van der Waals surface area contributed by atoms with Gasteiger partial charge < -0.3 is 10.6 Å². The summed E-state index contributed by atoms with van der Waals surface area (Å²) >= 11 is 0. The van der Waals surface area contributed by atoms with E-state index in [2.05, 4.69) is 25.9 Å². The first-order chi connectivity index (χ1) is 13.5. The van der Waals surface area contributed by atoms with E-state index in [1.165, 1.54) is 18.2 Å². The molecule has 0 bridgehead atoms. The highest BCUT2D eigenvalue weighted by atomic mass is 16.6. The Hall–Kier alpha value is -3.82. The van der Waals surface area contributed by atoms with Crippen molar-refractivity contribution >= 4 is 17.4 Å². The van der Waals surface area contributed by atoms with E-state index >= 15 is 0 Å². The number of rotatable bonds is 7. The van der Waals surface area contributed by atoms with Crippen LogP contribution in [0.3, 0.4) is 0 Å². The highest BCUT2D eigenvalue weighted by Gasteiger charge is 2.18. The van der Waals surface area contributed by atoms with E-state index in [1.807, 2.05) is 19.9 Å². The summed E-state index contributed by atoms with van der Waals surface area (Å²) in [5.41, 5.74) is 1.67. The molecule has 0 aliphatic heterocycles. The van der Waals surface area contributed by atoms with Gasteiger partial charge in [0, 0.05) is 24.8 Å². The minimum atomic E-state index is -0.576. The summed E-state index contributed by atoms with van der Waals surface area (Å²) in [5, 5.41) is 29.3. The Labute approximate surface area is 160 Å². The number of aromatic nitrogens is 4. The summed E-state index contributed by atoms with van der Waals surface area (Å²) in [6.07, 6.45) is 0. The molecule has 0 aliphatic carbocycles.